The Kier molecular flexibility index (Phi) is 5.46. The summed E-state index contributed by atoms with van der Waals surface area (Å²) in [5.74, 6) is 1.20. The summed E-state index contributed by atoms with van der Waals surface area (Å²) in [5, 5.41) is 0. The minimum Gasteiger partial charge on any atom is -0.453 e. The van der Waals surface area contributed by atoms with Gasteiger partial charge in [0.15, 0.2) is 0 Å². The first kappa shape index (κ1) is 20.4. The molecule has 29 heavy (non-hydrogen) atoms. The Hall–Kier alpha value is -1.87. The van der Waals surface area contributed by atoms with Crippen LogP contribution in [0.3, 0.4) is 0 Å². The van der Waals surface area contributed by atoms with E-state index in [4.69, 9.17) is 4.74 Å². The van der Waals surface area contributed by atoms with Gasteiger partial charge in [0, 0.05) is 43.4 Å². The van der Waals surface area contributed by atoms with E-state index in [0.29, 0.717) is 18.3 Å². The second kappa shape index (κ2) is 7.75. The van der Waals surface area contributed by atoms with Gasteiger partial charge in [-0.1, -0.05) is 6.07 Å². The summed E-state index contributed by atoms with van der Waals surface area (Å²) in [6.45, 7) is 4.99. The van der Waals surface area contributed by atoms with E-state index in [1.807, 2.05) is 12.1 Å². The van der Waals surface area contributed by atoms with Gasteiger partial charge in [-0.2, -0.15) is 0 Å². The van der Waals surface area contributed by atoms with Crippen molar-refractivity contribution in [2.45, 2.75) is 31.1 Å². The quantitative estimate of drug-likeness (QED) is 0.737. The Morgan fingerprint density at radius 1 is 1.24 bits per heavy atom. The lowest BCUT2D eigenvalue weighted by Crippen LogP contribution is -2.48. The molecule has 160 valence electrons. The molecule has 4 heterocycles. The molecule has 2 fully saturated rings. The molecule has 1 aromatic heterocycles. The standard InChI is InChI=1S/C20H30N4O4S/c1-28-19(25)23-10-5-16(6-11-23)14-22-12-7-20(8-13-22)15-24(29(2,26)27)18-17(20)4-3-9-21-18/h3-4,9,16H,5-8,10-15H2,1-2H3. The summed E-state index contributed by atoms with van der Waals surface area (Å²) in [4.78, 5) is 20.3. The summed E-state index contributed by atoms with van der Waals surface area (Å²) >= 11 is 0. The number of methoxy groups -OCH3 is 1. The number of rotatable bonds is 3. The number of carbonyl (C=O) groups is 1. The van der Waals surface area contributed by atoms with Crippen LogP contribution >= 0.6 is 0 Å². The van der Waals surface area contributed by atoms with Crippen LogP contribution in [-0.4, -0.2) is 81.9 Å². The minimum absolute atomic E-state index is 0.128. The maximum absolute atomic E-state index is 12.3. The molecular weight excluding hydrogens is 392 g/mol. The van der Waals surface area contributed by atoms with Crippen molar-refractivity contribution in [3.63, 3.8) is 0 Å². The zero-order valence-electron chi connectivity index (χ0n) is 17.2. The number of ether oxygens (including phenoxy) is 1. The lowest BCUT2D eigenvalue weighted by molar-refractivity contribution is 0.0894. The topological polar surface area (TPSA) is 83.0 Å². The van der Waals surface area contributed by atoms with Gasteiger partial charge in [-0.3, -0.25) is 4.31 Å². The van der Waals surface area contributed by atoms with Gasteiger partial charge in [-0.25, -0.2) is 18.2 Å². The molecule has 0 aliphatic carbocycles. The van der Waals surface area contributed by atoms with E-state index < -0.39 is 10.0 Å². The van der Waals surface area contributed by atoms with Crippen molar-refractivity contribution < 1.29 is 17.9 Å². The van der Waals surface area contributed by atoms with E-state index in [0.717, 1.165) is 64.0 Å². The number of aromatic nitrogens is 1. The molecule has 1 spiro atoms. The lowest BCUT2D eigenvalue weighted by atomic mass is 9.74. The van der Waals surface area contributed by atoms with Gasteiger partial charge in [0.25, 0.3) is 0 Å². The summed E-state index contributed by atoms with van der Waals surface area (Å²) in [6.07, 6.45) is 6.60. The first-order valence-corrected chi connectivity index (χ1v) is 12.2. The number of pyridine rings is 1. The van der Waals surface area contributed by atoms with Gasteiger partial charge in [0.1, 0.15) is 5.82 Å². The van der Waals surface area contributed by atoms with E-state index in [2.05, 4.69) is 9.88 Å². The third-order valence-corrected chi connectivity index (χ3v) is 7.92. The van der Waals surface area contributed by atoms with Crippen LogP contribution in [0.1, 0.15) is 31.2 Å². The maximum Gasteiger partial charge on any atom is 0.409 e. The number of anilines is 1. The Labute approximate surface area is 172 Å². The fourth-order valence-corrected chi connectivity index (χ4v) is 6.04. The van der Waals surface area contributed by atoms with Crippen molar-refractivity contribution in [3.8, 4) is 0 Å². The molecule has 1 aromatic rings. The number of hydrogen-bond acceptors (Lipinski definition) is 6. The first-order valence-electron chi connectivity index (χ1n) is 10.3. The summed E-state index contributed by atoms with van der Waals surface area (Å²) < 4.78 is 30.9. The van der Waals surface area contributed by atoms with Crippen molar-refractivity contribution in [1.82, 2.24) is 14.8 Å². The molecule has 0 radical (unpaired) electrons. The van der Waals surface area contributed by atoms with Crippen LogP contribution in [0.25, 0.3) is 0 Å². The highest BCUT2D eigenvalue weighted by Gasteiger charge is 2.47. The number of carbonyl (C=O) groups excluding carboxylic acids is 1. The van der Waals surface area contributed by atoms with Gasteiger partial charge in [0.05, 0.1) is 13.4 Å². The molecule has 0 atom stereocenters. The monoisotopic (exact) mass is 422 g/mol. The highest BCUT2D eigenvalue weighted by molar-refractivity contribution is 7.92. The number of piperidine rings is 2. The van der Waals surface area contributed by atoms with Gasteiger partial charge in [0.2, 0.25) is 10.0 Å². The highest BCUT2D eigenvalue weighted by atomic mass is 32.2. The molecule has 0 saturated carbocycles. The van der Waals surface area contributed by atoms with Crippen LogP contribution in [0.4, 0.5) is 10.6 Å². The predicted octanol–water partition coefficient (Wildman–Crippen LogP) is 1.67. The second-order valence-corrected chi connectivity index (χ2v) is 10.5. The normalized spacial score (nSPS) is 22.7. The van der Waals surface area contributed by atoms with Crippen molar-refractivity contribution >= 4 is 21.9 Å². The smallest absolute Gasteiger partial charge is 0.409 e. The average Bonchev–Trinajstić information content (AvgIpc) is 3.05. The number of likely N-dealkylation sites (tertiary alicyclic amines) is 2. The van der Waals surface area contributed by atoms with Gasteiger partial charge in [-0.15, -0.1) is 0 Å². The van der Waals surface area contributed by atoms with E-state index >= 15 is 0 Å². The molecule has 0 N–H and O–H groups in total. The largest absolute Gasteiger partial charge is 0.453 e. The number of nitrogens with zero attached hydrogens (tertiary/aromatic N) is 4. The Balaban J connectivity index is 1.37. The van der Waals surface area contributed by atoms with Gasteiger partial charge < -0.3 is 14.5 Å². The molecule has 0 unspecified atom stereocenters. The van der Waals surface area contributed by atoms with Crippen LogP contribution in [0, 0.1) is 5.92 Å². The third-order valence-electron chi connectivity index (χ3n) is 6.82. The van der Waals surface area contributed by atoms with Crippen molar-refractivity contribution in [3.05, 3.63) is 23.9 Å². The van der Waals surface area contributed by atoms with Crippen LogP contribution in [-0.2, 0) is 20.2 Å². The van der Waals surface area contributed by atoms with Crippen molar-refractivity contribution in [2.75, 3.05) is 56.9 Å². The molecule has 4 rings (SSSR count). The molecule has 0 bridgehead atoms. The maximum atomic E-state index is 12.3. The lowest BCUT2D eigenvalue weighted by Gasteiger charge is -2.41. The fourth-order valence-electron chi connectivity index (χ4n) is 5.10. The molecule has 2 saturated heterocycles. The Morgan fingerprint density at radius 2 is 1.93 bits per heavy atom. The van der Waals surface area contributed by atoms with Crippen LogP contribution in [0.15, 0.2) is 18.3 Å². The van der Waals surface area contributed by atoms with E-state index in [1.165, 1.54) is 17.7 Å². The molecule has 1 amide bonds. The molecular formula is C20H30N4O4S. The number of fused-ring (bicyclic) bond motifs is 2. The van der Waals surface area contributed by atoms with E-state index in [9.17, 15) is 13.2 Å². The number of amides is 1. The van der Waals surface area contributed by atoms with Crippen LogP contribution in [0.2, 0.25) is 0 Å². The molecule has 0 aromatic carbocycles. The van der Waals surface area contributed by atoms with Crippen LogP contribution in [0.5, 0.6) is 0 Å². The zero-order chi connectivity index (χ0) is 20.6. The molecule has 3 aliphatic heterocycles. The van der Waals surface area contributed by atoms with E-state index in [-0.39, 0.29) is 11.5 Å². The van der Waals surface area contributed by atoms with Crippen LogP contribution < -0.4 is 4.31 Å². The van der Waals surface area contributed by atoms with Gasteiger partial charge in [-0.05, 0) is 50.8 Å². The Morgan fingerprint density at radius 3 is 2.55 bits per heavy atom. The number of sulfonamides is 1. The second-order valence-electron chi connectivity index (χ2n) is 8.63. The number of hydrogen-bond donors (Lipinski definition) is 0. The molecule has 8 nitrogen and oxygen atoms in total. The van der Waals surface area contributed by atoms with Crippen molar-refractivity contribution in [1.29, 1.82) is 0 Å². The Bertz CT molecular complexity index is 859. The minimum atomic E-state index is -3.33. The third kappa shape index (κ3) is 3.94. The predicted molar refractivity (Wildman–Crippen MR) is 110 cm³/mol. The SMILES string of the molecule is COC(=O)N1CCC(CN2CCC3(CC2)CN(S(C)(=O)=O)c2ncccc23)CC1. The fraction of sp³-hybridized carbons (Fsp3) is 0.700. The summed E-state index contributed by atoms with van der Waals surface area (Å²) in [7, 11) is -1.90. The molecule has 9 heteroatoms. The van der Waals surface area contributed by atoms with Crippen molar-refractivity contribution in [2.24, 2.45) is 5.92 Å². The van der Waals surface area contributed by atoms with Gasteiger partial charge >= 0.3 is 6.09 Å². The van der Waals surface area contributed by atoms with E-state index in [1.54, 1.807) is 11.1 Å². The average molecular weight is 423 g/mol. The summed E-state index contributed by atoms with van der Waals surface area (Å²) in [6, 6.07) is 3.96. The summed E-state index contributed by atoms with van der Waals surface area (Å²) in [5.41, 5.74) is 0.952. The zero-order valence-corrected chi connectivity index (χ0v) is 18.0. The first-order chi connectivity index (χ1) is 13.8. The molecule has 3 aliphatic rings. The highest BCUT2D eigenvalue weighted by Crippen LogP contribution is 2.46.